The van der Waals surface area contributed by atoms with Crippen molar-refractivity contribution < 1.29 is 0 Å². The molecule has 2 aliphatic rings. The lowest BCUT2D eigenvalue weighted by atomic mass is 10.0. The monoisotopic (exact) mass is 244 g/mol. The van der Waals surface area contributed by atoms with Crippen molar-refractivity contribution in [1.29, 1.82) is 0 Å². The molecule has 0 amide bonds. The molecule has 0 aromatic heterocycles. The van der Waals surface area contributed by atoms with E-state index < -0.39 is 0 Å². The molecule has 0 aromatic carbocycles. The molecule has 0 N–H and O–H groups in total. The smallest absolute Gasteiger partial charge is 0.0397 e. The van der Waals surface area contributed by atoms with Gasteiger partial charge in [-0.3, -0.25) is 0 Å². The standard InChI is InChI=1S/C13H24S2/c1-3-7-12(8-4-1)14-11-15-13-9-5-2-6-10-13/h12-13H,1-11H2. The number of rotatable bonds is 4. The van der Waals surface area contributed by atoms with E-state index in [1.807, 2.05) is 0 Å². The van der Waals surface area contributed by atoms with Crippen molar-refractivity contribution in [2.75, 3.05) is 5.08 Å². The largest absolute Gasteiger partial charge is 0.148 e. The van der Waals surface area contributed by atoms with Gasteiger partial charge in [0.25, 0.3) is 0 Å². The second-order valence-corrected chi connectivity index (χ2v) is 7.91. The molecule has 0 spiro atoms. The minimum atomic E-state index is 1.01. The van der Waals surface area contributed by atoms with Crippen LogP contribution < -0.4 is 0 Å². The summed E-state index contributed by atoms with van der Waals surface area (Å²) in [5.41, 5.74) is 0. The van der Waals surface area contributed by atoms with Crippen LogP contribution in [0, 0.1) is 0 Å². The van der Waals surface area contributed by atoms with Crippen molar-refractivity contribution >= 4 is 23.5 Å². The van der Waals surface area contributed by atoms with Gasteiger partial charge in [-0.2, -0.15) is 0 Å². The summed E-state index contributed by atoms with van der Waals surface area (Å²) in [5, 5.41) is 3.39. The molecule has 0 aromatic rings. The highest BCUT2D eigenvalue weighted by Crippen LogP contribution is 2.34. The summed E-state index contributed by atoms with van der Waals surface area (Å²) in [5.74, 6) is 0. The topological polar surface area (TPSA) is 0 Å². The molecule has 0 unspecified atom stereocenters. The Labute approximate surface area is 103 Å². The summed E-state index contributed by atoms with van der Waals surface area (Å²) in [4.78, 5) is 0. The molecule has 88 valence electrons. The molecule has 0 aliphatic heterocycles. The fourth-order valence-electron chi connectivity index (χ4n) is 2.70. The highest BCUT2D eigenvalue weighted by Gasteiger charge is 2.16. The number of hydrogen-bond acceptors (Lipinski definition) is 2. The van der Waals surface area contributed by atoms with Crippen molar-refractivity contribution in [3.8, 4) is 0 Å². The Morgan fingerprint density at radius 2 is 1.00 bits per heavy atom. The third kappa shape index (κ3) is 4.60. The van der Waals surface area contributed by atoms with Crippen LogP contribution in [0.1, 0.15) is 64.2 Å². The zero-order valence-electron chi connectivity index (χ0n) is 9.75. The molecule has 0 nitrogen and oxygen atoms in total. The van der Waals surface area contributed by atoms with Crippen molar-refractivity contribution in [2.24, 2.45) is 0 Å². The second kappa shape index (κ2) is 7.11. The lowest BCUT2D eigenvalue weighted by Crippen LogP contribution is -2.11. The van der Waals surface area contributed by atoms with Crippen LogP contribution in [0.15, 0.2) is 0 Å². The second-order valence-electron chi connectivity index (χ2n) is 4.97. The zero-order chi connectivity index (χ0) is 10.3. The Bertz CT molecular complexity index is 140. The molecule has 2 rings (SSSR count). The highest BCUT2D eigenvalue weighted by atomic mass is 32.2. The van der Waals surface area contributed by atoms with E-state index in [0.717, 1.165) is 10.5 Å². The van der Waals surface area contributed by atoms with Gasteiger partial charge in [-0.15, -0.1) is 23.5 Å². The first kappa shape index (κ1) is 12.2. The summed E-state index contributed by atoms with van der Waals surface area (Å²) in [6, 6.07) is 0. The first-order chi connectivity index (χ1) is 7.45. The molecule has 2 aliphatic carbocycles. The van der Waals surface area contributed by atoms with Gasteiger partial charge in [-0.05, 0) is 25.7 Å². The van der Waals surface area contributed by atoms with Gasteiger partial charge < -0.3 is 0 Å². The van der Waals surface area contributed by atoms with Gasteiger partial charge >= 0.3 is 0 Å². The predicted octanol–water partition coefficient (Wildman–Crippen LogP) is 5.08. The van der Waals surface area contributed by atoms with E-state index in [4.69, 9.17) is 0 Å². The molecule has 2 saturated carbocycles. The third-order valence-corrected chi connectivity index (χ3v) is 6.69. The Morgan fingerprint density at radius 3 is 1.40 bits per heavy atom. The molecule has 0 heterocycles. The molecule has 15 heavy (non-hydrogen) atoms. The molecule has 0 atom stereocenters. The maximum atomic E-state index is 2.25. The van der Waals surface area contributed by atoms with E-state index in [1.54, 1.807) is 0 Å². The quantitative estimate of drug-likeness (QED) is 0.633. The molecule has 2 fully saturated rings. The summed E-state index contributed by atoms with van der Waals surface area (Å²) in [7, 11) is 0. The summed E-state index contributed by atoms with van der Waals surface area (Å²) < 4.78 is 0. The first-order valence-corrected chi connectivity index (χ1v) is 8.78. The Balaban J connectivity index is 1.53. The average molecular weight is 244 g/mol. The molecule has 0 bridgehead atoms. The van der Waals surface area contributed by atoms with Crippen LogP contribution in [0.25, 0.3) is 0 Å². The van der Waals surface area contributed by atoms with Crippen molar-refractivity contribution in [3.63, 3.8) is 0 Å². The Kier molecular flexibility index (Phi) is 5.77. The van der Waals surface area contributed by atoms with Crippen LogP contribution in [0.5, 0.6) is 0 Å². The van der Waals surface area contributed by atoms with Gasteiger partial charge in [-0.1, -0.05) is 38.5 Å². The van der Waals surface area contributed by atoms with Crippen molar-refractivity contribution in [1.82, 2.24) is 0 Å². The van der Waals surface area contributed by atoms with E-state index in [9.17, 15) is 0 Å². The van der Waals surface area contributed by atoms with Gasteiger partial charge in [0.05, 0.1) is 0 Å². The first-order valence-electron chi connectivity index (χ1n) is 6.68. The predicted molar refractivity (Wildman–Crippen MR) is 73.8 cm³/mol. The summed E-state index contributed by atoms with van der Waals surface area (Å²) in [6.45, 7) is 0. The van der Waals surface area contributed by atoms with Crippen LogP contribution in [-0.2, 0) is 0 Å². The zero-order valence-corrected chi connectivity index (χ0v) is 11.4. The van der Waals surface area contributed by atoms with E-state index >= 15 is 0 Å². The molecular weight excluding hydrogens is 220 g/mol. The third-order valence-electron chi connectivity index (χ3n) is 3.71. The minimum absolute atomic E-state index is 1.01. The minimum Gasteiger partial charge on any atom is -0.148 e. The number of hydrogen-bond donors (Lipinski definition) is 0. The van der Waals surface area contributed by atoms with Crippen molar-refractivity contribution in [3.05, 3.63) is 0 Å². The van der Waals surface area contributed by atoms with E-state index in [-0.39, 0.29) is 0 Å². The van der Waals surface area contributed by atoms with E-state index in [1.165, 1.54) is 69.3 Å². The van der Waals surface area contributed by atoms with Gasteiger partial charge in [-0.25, -0.2) is 0 Å². The lowest BCUT2D eigenvalue weighted by Gasteiger charge is -2.24. The van der Waals surface area contributed by atoms with Crippen LogP contribution in [-0.4, -0.2) is 15.6 Å². The molecule has 0 saturated heterocycles. The maximum absolute atomic E-state index is 2.25. The van der Waals surface area contributed by atoms with Crippen molar-refractivity contribution in [2.45, 2.75) is 74.7 Å². The van der Waals surface area contributed by atoms with Crippen LogP contribution in [0.2, 0.25) is 0 Å². The summed E-state index contributed by atoms with van der Waals surface area (Å²) in [6.07, 6.45) is 14.9. The lowest BCUT2D eigenvalue weighted by molar-refractivity contribution is 0.515. The van der Waals surface area contributed by atoms with Gasteiger partial charge in [0.1, 0.15) is 0 Å². The normalized spacial score (nSPS) is 25.6. The number of thioether (sulfide) groups is 2. The van der Waals surface area contributed by atoms with Crippen LogP contribution in [0.3, 0.4) is 0 Å². The fraction of sp³-hybridized carbons (Fsp3) is 1.00. The summed E-state index contributed by atoms with van der Waals surface area (Å²) >= 11 is 4.51. The highest BCUT2D eigenvalue weighted by molar-refractivity contribution is 8.16. The van der Waals surface area contributed by atoms with Gasteiger partial charge in [0.2, 0.25) is 0 Å². The molecule has 2 heteroatoms. The SMILES string of the molecule is C1CCC(SCSC2CCCCC2)CC1. The Morgan fingerprint density at radius 1 is 0.600 bits per heavy atom. The van der Waals surface area contributed by atoms with Gasteiger partial charge in [0, 0.05) is 15.6 Å². The van der Waals surface area contributed by atoms with Crippen LogP contribution >= 0.6 is 23.5 Å². The average Bonchev–Trinajstić information content (AvgIpc) is 2.32. The Hall–Kier alpha value is 0.700. The fourth-order valence-corrected chi connectivity index (χ4v) is 5.88. The van der Waals surface area contributed by atoms with E-state index in [2.05, 4.69) is 23.5 Å². The molecular formula is C13H24S2. The molecule has 0 radical (unpaired) electrons. The van der Waals surface area contributed by atoms with E-state index in [0.29, 0.717) is 0 Å². The van der Waals surface area contributed by atoms with Crippen LogP contribution in [0.4, 0.5) is 0 Å². The maximum Gasteiger partial charge on any atom is 0.0397 e. The van der Waals surface area contributed by atoms with Gasteiger partial charge in [0.15, 0.2) is 0 Å².